The van der Waals surface area contributed by atoms with Crippen LogP contribution in [0, 0.1) is 6.92 Å². The first kappa shape index (κ1) is 7.91. The molecule has 1 heterocycles. The molecule has 0 bridgehead atoms. The second-order valence-corrected chi connectivity index (χ2v) is 4.28. The molecular weight excluding hydrogens is 168 g/mol. The summed E-state index contributed by atoms with van der Waals surface area (Å²) in [5.41, 5.74) is 0. The molecule has 1 unspecified atom stereocenters. The Morgan fingerprint density at radius 1 is 1.70 bits per heavy atom. The van der Waals surface area contributed by atoms with Crippen molar-refractivity contribution in [2.75, 3.05) is 0 Å². The lowest BCUT2D eigenvalue weighted by molar-refractivity contribution is 0.564. The lowest BCUT2D eigenvalue weighted by atomic mass is 10.5. The van der Waals surface area contributed by atoms with Gasteiger partial charge in [-0.2, -0.15) is 0 Å². The Kier molecular flexibility index (Phi) is 2.59. The van der Waals surface area contributed by atoms with Crippen molar-refractivity contribution in [2.24, 2.45) is 0 Å². The van der Waals surface area contributed by atoms with Crippen molar-refractivity contribution in [3.05, 3.63) is 21.9 Å². The van der Waals surface area contributed by atoms with Gasteiger partial charge in [0.25, 0.3) is 0 Å². The van der Waals surface area contributed by atoms with Crippen LogP contribution in [0.4, 0.5) is 0 Å². The molecule has 1 aromatic heterocycles. The fourth-order valence-corrected chi connectivity index (χ4v) is 2.25. The third-order valence-corrected chi connectivity index (χ3v) is 2.80. The van der Waals surface area contributed by atoms with E-state index in [-0.39, 0.29) is 5.75 Å². The molecule has 10 heavy (non-hydrogen) atoms. The highest BCUT2D eigenvalue weighted by Crippen LogP contribution is 2.15. The zero-order chi connectivity index (χ0) is 7.56. The molecule has 0 saturated carbocycles. The van der Waals surface area contributed by atoms with E-state index in [1.165, 1.54) is 4.88 Å². The highest BCUT2D eigenvalue weighted by Gasteiger charge is 1.99. The average Bonchev–Trinajstić information content (AvgIpc) is 2.13. The van der Waals surface area contributed by atoms with E-state index in [1.807, 2.05) is 19.1 Å². The number of hydrogen-bond acceptors (Lipinski definition) is 2. The van der Waals surface area contributed by atoms with E-state index >= 15 is 0 Å². The van der Waals surface area contributed by atoms with Crippen molar-refractivity contribution in [2.45, 2.75) is 12.7 Å². The van der Waals surface area contributed by atoms with Crippen LogP contribution in [0.5, 0.6) is 0 Å². The summed E-state index contributed by atoms with van der Waals surface area (Å²) in [6.07, 6.45) is 0. The number of thiophene rings is 1. The van der Waals surface area contributed by atoms with Gasteiger partial charge in [-0.3, -0.25) is 0 Å². The van der Waals surface area contributed by atoms with Crippen LogP contribution in [0.2, 0.25) is 0 Å². The van der Waals surface area contributed by atoms with Crippen molar-refractivity contribution in [1.82, 2.24) is 0 Å². The van der Waals surface area contributed by atoms with Gasteiger partial charge in [-0.1, -0.05) is 0 Å². The van der Waals surface area contributed by atoms with Gasteiger partial charge in [0, 0.05) is 9.75 Å². The number of rotatable bonds is 2. The van der Waals surface area contributed by atoms with E-state index in [0.717, 1.165) is 4.88 Å². The average molecular weight is 176 g/mol. The first-order valence-electron chi connectivity index (χ1n) is 2.81. The molecule has 0 spiro atoms. The van der Waals surface area contributed by atoms with E-state index < -0.39 is 11.1 Å². The Morgan fingerprint density at radius 2 is 2.40 bits per heavy atom. The number of hydrogen-bond donors (Lipinski definition) is 1. The summed E-state index contributed by atoms with van der Waals surface area (Å²) in [7, 11) is 0. The molecule has 1 atom stereocenters. The van der Waals surface area contributed by atoms with Gasteiger partial charge in [-0.05, 0) is 19.1 Å². The fourth-order valence-electron chi connectivity index (χ4n) is 0.684. The molecule has 0 aliphatic carbocycles. The van der Waals surface area contributed by atoms with Crippen molar-refractivity contribution in [1.29, 1.82) is 0 Å². The molecule has 1 aromatic rings. The Bertz CT molecular complexity index is 242. The first-order valence-corrected chi connectivity index (χ1v) is 4.90. The standard InChI is InChI=1S/C6H8O2S2/c1-5-2-3-6(9-5)4-10(7)8/h2-3H,4H2,1H3,(H,7,8). The summed E-state index contributed by atoms with van der Waals surface area (Å²) in [6.45, 7) is 1.98. The van der Waals surface area contributed by atoms with Gasteiger partial charge in [0.1, 0.15) is 0 Å². The molecule has 4 heteroatoms. The third-order valence-electron chi connectivity index (χ3n) is 1.06. The van der Waals surface area contributed by atoms with Gasteiger partial charge < -0.3 is 4.55 Å². The molecule has 0 aromatic carbocycles. The van der Waals surface area contributed by atoms with Gasteiger partial charge in [-0.25, -0.2) is 4.21 Å². The molecule has 56 valence electrons. The number of aryl methyl sites for hydroxylation is 1. The van der Waals surface area contributed by atoms with Gasteiger partial charge in [-0.15, -0.1) is 11.3 Å². The van der Waals surface area contributed by atoms with Crippen LogP contribution in [0.3, 0.4) is 0 Å². The fraction of sp³-hybridized carbons (Fsp3) is 0.333. The maximum atomic E-state index is 10.3. The van der Waals surface area contributed by atoms with Gasteiger partial charge >= 0.3 is 0 Å². The Labute approximate surface area is 66.2 Å². The zero-order valence-corrected chi connectivity index (χ0v) is 7.17. The minimum absolute atomic E-state index is 0.262. The second-order valence-electron chi connectivity index (χ2n) is 1.98. The van der Waals surface area contributed by atoms with Crippen molar-refractivity contribution < 1.29 is 8.76 Å². The van der Waals surface area contributed by atoms with Crippen molar-refractivity contribution >= 4 is 22.4 Å². The minimum atomic E-state index is -1.69. The smallest absolute Gasteiger partial charge is 0.158 e. The second kappa shape index (κ2) is 3.27. The summed E-state index contributed by atoms with van der Waals surface area (Å²) in [6, 6.07) is 3.83. The summed E-state index contributed by atoms with van der Waals surface area (Å²) in [4.78, 5) is 2.15. The monoisotopic (exact) mass is 176 g/mol. The molecule has 0 amide bonds. The lowest BCUT2D eigenvalue weighted by Crippen LogP contribution is -1.88. The van der Waals surface area contributed by atoms with Crippen LogP contribution >= 0.6 is 11.3 Å². The summed E-state index contributed by atoms with van der Waals surface area (Å²) >= 11 is -0.130. The highest BCUT2D eigenvalue weighted by atomic mass is 32.2. The predicted molar refractivity (Wildman–Crippen MR) is 43.5 cm³/mol. The van der Waals surface area contributed by atoms with E-state index in [1.54, 1.807) is 11.3 Å². The Balaban J connectivity index is 2.67. The minimum Gasteiger partial charge on any atom is -0.306 e. The van der Waals surface area contributed by atoms with Crippen LogP contribution in [-0.2, 0) is 16.8 Å². The lowest BCUT2D eigenvalue weighted by Gasteiger charge is -1.87. The summed E-state index contributed by atoms with van der Waals surface area (Å²) in [5.74, 6) is 0.262. The molecule has 2 nitrogen and oxygen atoms in total. The molecule has 0 saturated heterocycles. The maximum Gasteiger partial charge on any atom is 0.158 e. The first-order chi connectivity index (χ1) is 4.68. The SMILES string of the molecule is Cc1ccc(CS(=O)O)s1. The molecule has 0 fully saturated rings. The van der Waals surface area contributed by atoms with E-state index in [9.17, 15) is 4.21 Å². The van der Waals surface area contributed by atoms with Crippen LogP contribution in [-0.4, -0.2) is 8.76 Å². The van der Waals surface area contributed by atoms with E-state index in [2.05, 4.69) is 0 Å². The van der Waals surface area contributed by atoms with Gasteiger partial charge in [0.2, 0.25) is 0 Å². The maximum absolute atomic E-state index is 10.3. The zero-order valence-electron chi connectivity index (χ0n) is 5.53. The molecule has 1 rings (SSSR count). The molecule has 0 aliphatic heterocycles. The van der Waals surface area contributed by atoms with Gasteiger partial charge in [0.15, 0.2) is 11.1 Å². The van der Waals surface area contributed by atoms with Crippen molar-refractivity contribution in [3.8, 4) is 0 Å². The Morgan fingerprint density at radius 3 is 2.80 bits per heavy atom. The molecular formula is C6H8O2S2. The highest BCUT2D eigenvalue weighted by molar-refractivity contribution is 7.78. The van der Waals surface area contributed by atoms with E-state index in [4.69, 9.17) is 4.55 Å². The van der Waals surface area contributed by atoms with Crippen LogP contribution in [0.15, 0.2) is 12.1 Å². The van der Waals surface area contributed by atoms with Crippen LogP contribution in [0.1, 0.15) is 9.75 Å². The summed E-state index contributed by atoms with van der Waals surface area (Å²) in [5, 5.41) is 0. The normalized spacial score (nSPS) is 13.4. The quantitative estimate of drug-likeness (QED) is 0.697. The summed E-state index contributed by atoms with van der Waals surface area (Å²) < 4.78 is 18.8. The van der Waals surface area contributed by atoms with E-state index in [0.29, 0.717) is 0 Å². The third kappa shape index (κ3) is 2.21. The molecule has 1 N–H and O–H groups in total. The van der Waals surface area contributed by atoms with Gasteiger partial charge in [0.05, 0.1) is 5.75 Å². The van der Waals surface area contributed by atoms with Crippen LogP contribution in [0.25, 0.3) is 0 Å². The Hall–Kier alpha value is -0.190. The van der Waals surface area contributed by atoms with Crippen LogP contribution < -0.4 is 0 Å². The predicted octanol–water partition coefficient (Wildman–Crippen LogP) is 1.78. The van der Waals surface area contributed by atoms with Crippen molar-refractivity contribution in [3.63, 3.8) is 0 Å². The largest absolute Gasteiger partial charge is 0.306 e. The topological polar surface area (TPSA) is 37.3 Å². The molecule has 0 aliphatic rings. The molecule has 0 radical (unpaired) electrons.